The van der Waals surface area contributed by atoms with Crippen molar-refractivity contribution in [2.45, 2.75) is 12.8 Å². The summed E-state index contributed by atoms with van der Waals surface area (Å²) in [6, 6.07) is 5.49. The first-order valence-corrected chi connectivity index (χ1v) is 5.67. The highest BCUT2D eigenvalue weighted by atomic mass is 16.1. The van der Waals surface area contributed by atoms with Crippen LogP contribution in [0.1, 0.15) is 23.2 Å². The molecule has 0 unspecified atom stereocenters. The number of imidazole rings is 1. The lowest BCUT2D eigenvalue weighted by atomic mass is 10.1. The third-order valence-electron chi connectivity index (χ3n) is 2.77. The second kappa shape index (κ2) is 5.33. The van der Waals surface area contributed by atoms with Crippen LogP contribution in [0.2, 0.25) is 0 Å². The second-order valence-corrected chi connectivity index (χ2v) is 4.04. The fourth-order valence-corrected chi connectivity index (χ4v) is 1.81. The van der Waals surface area contributed by atoms with Crippen LogP contribution in [0.25, 0.3) is 21.5 Å². The van der Waals surface area contributed by atoms with Gasteiger partial charge in [0.15, 0.2) is 5.78 Å². The third kappa shape index (κ3) is 2.49. The van der Waals surface area contributed by atoms with E-state index in [1.54, 1.807) is 18.5 Å². The van der Waals surface area contributed by atoms with E-state index < -0.39 is 0 Å². The topological polar surface area (TPSA) is 83.7 Å². The second-order valence-electron chi connectivity index (χ2n) is 4.04. The molecule has 0 amide bonds. The van der Waals surface area contributed by atoms with E-state index in [9.17, 15) is 4.79 Å². The Morgan fingerprint density at radius 1 is 1.56 bits per heavy atom. The Kier molecular flexibility index (Phi) is 3.60. The van der Waals surface area contributed by atoms with Gasteiger partial charge >= 0.3 is 0 Å². The van der Waals surface area contributed by atoms with Gasteiger partial charge in [-0.1, -0.05) is 5.11 Å². The summed E-state index contributed by atoms with van der Waals surface area (Å²) >= 11 is 0. The lowest BCUT2D eigenvalue weighted by Gasteiger charge is -2.00. The zero-order valence-corrected chi connectivity index (χ0v) is 10.1. The molecule has 18 heavy (non-hydrogen) atoms. The Labute approximate surface area is 104 Å². The molecule has 0 radical (unpaired) electrons. The van der Waals surface area contributed by atoms with Crippen LogP contribution < -0.4 is 0 Å². The minimum absolute atomic E-state index is 0.0516. The molecule has 1 aromatic heterocycles. The quantitative estimate of drug-likeness (QED) is 0.266. The first kappa shape index (κ1) is 12.1. The molecule has 2 aromatic rings. The Morgan fingerprint density at radius 3 is 3.17 bits per heavy atom. The molecule has 0 saturated carbocycles. The Bertz CT molecular complexity index is 624. The molecule has 0 aliphatic heterocycles. The molecule has 1 aromatic carbocycles. The largest absolute Gasteiger partial charge is 0.334 e. The van der Waals surface area contributed by atoms with E-state index in [-0.39, 0.29) is 5.78 Å². The van der Waals surface area contributed by atoms with E-state index in [1.807, 2.05) is 17.7 Å². The molecule has 0 fully saturated rings. The number of nitrogens with zero attached hydrogens (tertiary/aromatic N) is 5. The Hall–Kier alpha value is -2.33. The van der Waals surface area contributed by atoms with Crippen LogP contribution in [0.15, 0.2) is 29.6 Å². The van der Waals surface area contributed by atoms with E-state index >= 15 is 0 Å². The highest BCUT2D eigenvalue weighted by Crippen LogP contribution is 2.15. The number of benzene rings is 1. The minimum Gasteiger partial charge on any atom is -0.334 e. The number of azide groups is 1. The van der Waals surface area contributed by atoms with E-state index in [4.69, 9.17) is 5.53 Å². The predicted octanol–water partition coefficient (Wildman–Crippen LogP) is 2.85. The van der Waals surface area contributed by atoms with Crippen molar-refractivity contribution in [2.75, 3.05) is 6.54 Å². The molecule has 0 aliphatic rings. The lowest BCUT2D eigenvalue weighted by molar-refractivity contribution is 0.0981. The minimum atomic E-state index is 0.0516. The average molecular weight is 243 g/mol. The van der Waals surface area contributed by atoms with Crippen molar-refractivity contribution < 1.29 is 4.79 Å². The standard InChI is InChI=1S/C12H13N5O/c1-17-8-14-10-7-9(4-5-11(10)17)12(18)3-2-6-15-16-13/h4-5,7-8H,2-3,6H2,1H3. The normalized spacial score (nSPS) is 10.3. The van der Waals surface area contributed by atoms with Crippen molar-refractivity contribution in [1.82, 2.24) is 9.55 Å². The molecular weight excluding hydrogens is 230 g/mol. The summed E-state index contributed by atoms with van der Waals surface area (Å²) in [6.07, 6.45) is 2.68. The highest BCUT2D eigenvalue weighted by molar-refractivity contribution is 5.98. The number of carbonyl (C=O) groups is 1. The van der Waals surface area contributed by atoms with Gasteiger partial charge in [-0.25, -0.2) is 4.98 Å². The maximum atomic E-state index is 11.9. The predicted molar refractivity (Wildman–Crippen MR) is 68.3 cm³/mol. The van der Waals surface area contributed by atoms with Crippen molar-refractivity contribution in [3.05, 3.63) is 40.5 Å². The molecule has 92 valence electrons. The lowest BCUT2D eigenvalue weighted by Crippen LogP contribution is -1.99. The van der Waals surface area contributed by atoms with Crippen molar-refractivity contribution >= 4 is 16.8 Å². The molecular formula is C12H13N5O. The Morgan fingerprint density at radius 2 is 2.39 bits per heavy atom. The third-order valence-corrected chi connectivity index (χ3v) is 2.77. The Balaban J connectivity index is 2.10. The van der Waals surface area contributed by atoms with Gasteiger partial charge in [0.25, 0.3) is 0 Å². The van der Waals surface area contributed by atoms with Gasteiger partial charge in [0.2, 0.25) is 0 Å². The van der Waals surface area contributed by atoms with Crippen LogP contribution in [-0.2, 0) is 7.05 Å². The smallest absolute Gasteiger partial charge is 0.162 e. The van der Waals surface area contributed by atoms with Crippen molar-refractivity contribution in [2.24, 2.45) is 12.2 Å². The van der Waals surface area contributed by atoms with E-state index in [2.05, 4.69) is 15.0 Å². The fraction of sp³-hybridized carbons (Fsp3) is 0.333. The number of ketones is 1. The van der Waals surface area contributed by atoms with Gasteiger partial charge in [-0.3, -0.25) is 4.79 Å². The van der Waals surface area contributed by atoms with Gasteiger partial charge in [-0.15, -0.1) is 0 Å². The average Bonchev–Trinajstić information content (AvgIpc) is 2.76. The summed E-state index contributed by atoms with van der Waals surface area (Å²) in [5.41, 5.74) is 10.6. The summed E-state index contributed by atoms with van der Waals surface area (Å²) in [5, 5.41) is 3.40. The van der Waals surface area contributed by atoms with Gasteiger partial charge in [0.05, 0.1) is 17.4 Å². The van der Waals surface area contributed by atoms with Gasteiger partial charge in [0, 0.05) is 30.5 Å². The van der Waals surface area contributed by atoms with Crippen LogP contribution >= 0.6 is 0 Å². The molecule has 0 N–H and O–H groups in total. The number of carbonyl (C=O) groups excluding carboxylic acids is 1. The van der Waals surface area contributed by atoms with E-state index in [0.717, 1.165) is 11.0 Å². The molecule has 0 spiro atoms. The first-order chi connectivity index (χ1) is 8.72. The number of aryl methyl sites for hydroxylation is 1. The number of fused-ring (bicyclic) bond motifs is 1. The van der Waals surface area contributed by atoms with Crippen molar-refractivity contribution in [3.8, 4) is 0 Å². The molecule has 0 saturated heterocycles. The first-order valence-electron chi connectivity index (χ1n) is 5.67. The zero-order valence-electron chi connectivity index (χ0n) is 10.1. The SMILES string of the molecule is Cn1cnc2cc(C(=O)CCCN=[N+]=[N-])ccc21. The van der Waals surface area contributed by atoms with Crippen LogP contribution in [0.4, 0.5) is 0 Å². The molecule has 0 atom stereocenters. The number of Topliss-reactive ketones (excluding diaryl/α,β-unsaturated/α-hetero) is 1. The summed E-state index contributed by atoms with van der Waals surface area (Å²) in [6.45, 7) is 0.355. The maximum absolute atomic E-state index is 11.9. The van der Waals surface area contributed by atoms with Gasteiger partial charge in [-0.2, -0.15) is 0 Å². The van der Waals surface area contributed by atoms with Crippen LogP contribution in [0.3, 0.4) is 0 Å². The van der Waals surface area contributed by atoms with Crippen molar-refractivity contribution in [1.29, 1.82) is 0 Å². The number of aromatic nitrogens is 2. The number of hydrogen-bond donors (Lipinski definition) is 0. The maximum Gasteiger partial charge on any atom is 0.162 e. The van der Waals surface area contributed by atoms with Gasteiger partial charge in [0.1, 0.15) is 0 Å². The van der Waals surface area contributed by atoms with Crippen LogP contribution in [0.5, 0.6) is 0 Å². The summed E-state index contributed by atoms with van der Waals surface area (Å²) in [5.74, 6) is 0.0516. The van der Waals surface area contributed by atoms with E-state index in [0.29, 0.717) is 24.9 Å². The van der Waals surface area contributed by atoms with Crippen LogP contribution in [0, 0.1) is 0 Å². The molecule has 0 aliphatic carbocycles. The number of rotatable bonds is 5. The summed E-state index contributed by atoms with van der Waals surface area (Å²) in [4.78, 5) is 18.8. The molecule has 0 bridgehead atoms. The number of hydrogen-bond acceptors (Lipinski definition) is 3. The summed E-state index contributed by atoms with van der Waals surface area (Å²) < 4.78 is 1.91. The van der Waals surface area contributed by atoms with Gasteiger partial charge < -0.3 is 4.57 Å². The highest BCUT2D eigenvalue weighted by Gasteiger charge is 2.07. The molecule has 6 nitrogen and oxygen atoms in total. The van der Waals surface area contributed by atoms with Crippen molar-refractivity contribution in [3.63, 3.8) is 0 Å². The zero-order chi connectivity index (χ0) is 13.0. The monoisotopic (exact) mass is 243 g/mol. The van der Waals surface area contributed by atoms with Crippen LogP contribution in [-0.4, -0.2) is 21.9 Å². The molecule has 6 heteroatoms. The fourth-order valence-electron chi connectivity index (χ4n) is 1.81. The molecule has 1 heterocycles. The van der Waals surface area contributed by atoms with Gasteiger partial charge in [-0.05, 0) is 30.2 Å². The molecule has 2 rings (SSSR count). The van der Waals surface area contributed by atoms with E-state index in [1.165, 1.54) is 0 Å². The summed E-state index contributed by atoms with van der Waals surface area (Å²) in [7, 11) is 1.91.